The highest BCUT2D eigenvalue weighted by atomic mass is 16.5. The van der Waals surface area contributed by atoms with Crippen LogP contribution in [0.4, 0.5) is 0 Å². The second-order valence-electron chi connectivity index (χ2n) is 5.44. The molecule has 1 aromatic carbocycles. The van der Waals surface area contributed by atoms with Crippen molar-refractivity contribution in [2.75, 3.05) is 7.11 Å². The maximum Gasteiger partial charge on any atom is 0.0812 e. The fourth-order valence-electron chi connectivity index (χ4n) is 2.14. The third-order valence-electron chi connectivity index (χ3n) is 3.60. The largest absolute Gasteiger partial charge is 0.388 e. The molecule has 1 heterocycles. The average molecular weight is 259 g/mol. The number of pyridine rings is 1. The molecule has 0 bridgehead atoms. The molecule has 102 valence electrons. The second kappa shape index (κ2) is 5.68. The number of rotatable bonds is 5. The van der Waals surface area contributed by atoms with Gasteiger partial charge in [-0.05, 0) is 32.8 Å². The van der Waals surface area contributed by atoms with Gasteiger partial charge in [-0.15, -0.1) is 0 Å². The summed E-state index contributed by atoms with van der Waals surface area (Å²) in [4.78, 5) is 4.38. The number of ether oxygens (including phenoxy) is 1. The molecule has 3 heteroatoms. The standard InChI is InChI=1S/C16H21NO2/c1-16(2,19-3)10-9-14(18)13-8-4-6-12-7-5-11-17-15(12)13/h4-8,11,14,18H,9-10H2,1-3H3. The van der Waals surface area contributed by atoms with E-state index in [0.29, 0.717) is 6.42 Å². The van der Waals surface area contributed by atoms with Gasteiger partial charge in [0.2, 0.25) is 0 Å². The minimum atomic E-state index is -0.506. The van der Waals surface area contributed by atoms with E-state index in [4.69, 9.17) is 4.74 Å². The van der Waals surface area contributed by atoms with Gasteiger partial charge in [0, 0.05) is 24.3 Å². The number of aromatic nitrogens is 1. The van der Waals surface area contributed by atoms with E-state index in [1.807, 2.05) is 44.2 Å². The first kappa shape index (κ1) is 14.0. The van der Waals surface area contributed by atoms with Crippen molar-refractivity contribution in [3.05, 3.63) is 42.1 Å². The lowest BCUT2D eigenvalue weighted by Gasteiger charge is -2.24. The number of aliphatic hydroxyl groups excluding tert-OH is 1. The van der Waals surface area contributed by atoms with Crippen LogP contribution in [-0.4, -0.2) is 22.8 Å². The molecule has 1 unspecified atom stereocenters. The van der Waals surface area contributed by atoms with Crippen molar-refractivity contribution in [2.24, 2.45) is 0 Å². The maximum atomic E-state index is 10.4. The van der Waals surface area contributed by atoms with Gasteiger partial charge in [-0.2, -0.15) is 0 Å². The quantitative estimate of drug-likeness (QED) is 0.894. The van der Waals surface area contributed by atoms with E-state index < -0.39 is 6.10 Å². The molecule has 0 saturated carbocycles. The molecular weight excluding hydrogens is 238 g/mol. The number of benzene rings is 1. The number of nitrogens with zero attached hydrogens (tertiary/aromatic N) is 1. The van der Waals surface area contributed by atoms with Crippen LogP contribution in [0.5, 0.6) is 0 Å². The molecule has 0 amide bonds. The van der Waals surface area contributed by atoms with Crippen molar-refractivity contribution < 1.29 is 9.84 Å². The van der Waals surface area contributed by atoms with Crippen molar-refractivity contribution in [1.29, 1.82) is 0 Å². The Labute approximate surface area is 114 Å². The Morgan fingerprint density at radius 1 is 1.26 bits per heavy atom. The summed E-state index contributed by atoms with van der Waals surface area (Å²) in [6, 6.07) is 9.84. The summed E-state index contributed by atoms with van der Waals surface area (Å²) < 4.78 is 5.38. The van der Waals surface area contributed by atoms with Gasteiger partial charge in [0.25, 0.3) is 0 Å². The minimum absolute atomic E-state index is 0.209. The van der Waals surface area contributed by atoms with Crippen LogP contribution in [0.3, 0.4) is 0 Å². The van der Waals surface area contributed by atoms with E-state index in [2.05, 4.69) is 4.98 Å². The van der Waals surface area contributed by atoms with Gasteiger partial charge in [-0.25, -0.2) is 0 Å². The van der Waals surface area contributed by atoms with Crippen molar-refractivity contribution in [3.8, 4) is 0 Å². The third kappa shape index (κ3) is 3.31. The Bertz CT molecular complexity index is 546. The van der Waals surface area contributed by atoms with Gasteiger partial charge in [-0.3, -0.25) is 4.98 Å². The molecular formula is C16H21NO2. The highest BCUT2D eigenvalue weighted by Gasteiger charge is 2.20. The predicted octanol–water partition coefficient (Wildman–Crippen LogP) is 3.47. The third-order valence-corrected chi connectivity index (χ3v) is 3.60. The number of para-hydroxylation sites is 1. The van der Waals surface area contributed by atoms with Crippen molar-refractivity contribution in [2.45, 2.75) is 38.4 Å². The molecule has 3 nitrogen and oxygen atoms in total. The van der Waals surface area contributed by atoms with Gasteiger partial charge in [0.1, 0.15) is 0 Å². The van der Waals surface area contributed by atoms with E-state index in [1.165, 1.54) is 0 Å². The Balaban J connectivity index is 2.20. The normalized spacial score (nSPS) is 13.7. The molecule has 0 fully saturated rings. The van der Waals surface area contributed by atoms with Crippen LogP contribution in [0.2, 0.25) is 0 Å². The SMILES string of the molecule is COC(C)(C)CCC(O)c1cccc2cccnc12. The monoisotopic (exact) mass is 259 g/mol. The summed E-state index contributed by atoms with van der Waals surface area (Å²) in [5.41, 5.74) is 1.57. The fraction of sp³-hybridized carbons (Fsp3) is 0.438. The van der Waals surface area contributed by atoms with Crippen LogP contribution in [0.15, 0.2) is 36.5 Å². The Morgan fingerprint density at radius 3 is 2.74 bits per heavy atom. The van der Waals surface area contributed by atoms with E-state index in [-0.39, 0.29) is 5.60 Å². The van der Waals surface area contributed by atoms with E-state index >= 15 is 0 Å². The molecule has 0 saturated heterocycles. The fourth-order valence-corrected chi connectivity index (χ4v) is 2.14. The molecule has 19 heavy (non-hydrogen) atoms. The number of hydrogen-bond donors (Lipinski definition) is 1. The van der Waals surface area contributed by atoms with Crippen LogP contribution in [0.25, 0.3) is 10.9 Å². The zero-order chi connectivity index (χ0) is 13.9. The maximum absolute atomic E-state index is 10.4. The molecule has 0 aliphatic carbocycles. The Hall–Kier alpha value is -1.45. The second-order valence-corrected chi connectivity index (χ2v) is 5.44. The number of aliphatic hydroxyl groups is 1. The molecule has 1 N–H and O–H groups in total. The summed E-state index contributed by atoms with van der Waals surface area (Å²) in [7, 11) is 1.70. The van der Waals surface area contributed by atoms with Gasteiger partial charge < -0.3 is 9.84 Å². The van der Waals surface area contributed by atoms with Crippen molar-refractivity contribution in [1.82, 2.24) is 4.98 Å². The molecule has 0 aliphatic heterocycles. The molecule has 0 aliphatic rings. The van der Waals surface area contributed by atoms with E-state index in [0.717, 1.165) is 22.9 Å². The Morgan fingerprint density at radius 2 is 2.00 bits per heavy atom. The summed E-state index contributed by atoms with van der Waals surface area (Å²) in [5.74, 6) is 0. The predicted molar refractivity (Wildman–Crippen MR) is 77.0 cm³/mol. The highest BCUT2D eigenvalue weighted by molar-refractivity contribution is 5.81. The lowest BCUT2D eigenvalue weighted by atomic mass is 9.95. The number of hydrogen-bond acceptors (Lipinski definition) is 3. The molecule has 0 spiro atoms. The first-order chi connectivity index (χ1) is 9.03. The zero-order valence-corrected chi connectivity index (χ0v) is 11.8. The van der Waals surface area contributed by atoms with Crippen LogP contribution in [0.1, 0.15) is 38.4 Å². The Kier molecular flexibility index (Phi) is 4.17. The smallest absolute Gasteiger partial charge is 0.0812 e. The number of fused-ring (bicyclic) bond motifs is 1. The highest BCUT2D eigenvalue weighted by Crippen LogP contribution is 2.28. The van der Waals surface area contributed by atoms with Gasteiger partial charge in [0.15, 0.2) is 0 Å². The van der Waals surface area contributed by atoms with Gasteiger partial charge in [0.05, 0.1) is 17.2 Å². The lowest BCUT2D eigenvalue weighted by Crippen LogP contribution is -2.23. The minimum Gasteiger partial charge on any atom is -0.388 e. The zero-order valence-electron chi connectivity index (χ0n) is 11.8. The summed E-state index contributed by atoms with van der Waals surface area (Å²) in [6.45, 7) is 4.06. The summed E-state index contributed by atoms with van der Waals surface area (Å²) in [5, 5.41) is 11.4. The van der Waals surface area contributed by atoms with Gasteiger partial charge >= 0.3 is 0 Å². The molecule has 0 radical (unpaired) electrons. The molecule has 2 rings (SSSR count). The van der Waals surface area contributed by atoms with E-state index in [1.54, 1.807) is 13.3 Å². The molecule has 1 aromatic heterocycles. The van der Waals surface area contributed by atoms with Crippen LogP contribution in [0, 0.1) is 0 Å². The van der Waals surface area contributed by atoms with Crippen molar-refractivity contribution in [3.63, 3.8) is 0 Å². The number of methoxy groups -OCH3 is 1. The first-order valence-electron chi connectivity index (χ1n) is 6.60. The first-order valence-corrected chi connectivity index (χ1v) is 6.60. The van der Waals surface area contributed by atoms with Crippen LogP contribution in [-0.2, 0) is 4.74 Å². The molecule has 1 atom stereocenters. The summed E-state index contributed by atoms with van der Waals surface area (Å²) in [6.07, 6.45) is 2.72. The summed E-state index contributed by atoms with van der Waals surface area (Å²) >= 11 is 0. The van der Waals surface area contributed by atoms with Crippen LogP contribution < -0.4 is 0 Å². The average Bonchev–Trinajstić information content (AvgIpc) is 2.44. The van der Waals surface area contributed by atoms with Gasteiger partial charge in [-0.1, -0.05) is 24.3 Å². The van der Waals surface area contributed by atoms with Crippen LogP contribution >= 0.6 is 0 Å². The topological polar surface area (TPSA) is 42.4 Å². The lowest BCUT2D eigenvalue weighted by molar-refractivity contribution is 0.00290. The van der Waals surface area contributed by atoms with Crippen molar-refractivity contribution >= 4 is 10.9 Å². The molecule has 2 aromatic rings. The van der Waals surface area contributed by atoms with E-state index in [9.17, 15) is 5.11 Å².